The molecule has 6 aromatic rings. The van der Waals surface area contributed by atoms with Crippen molar-refractivity contribution in [3.8, 4) is 22.8 Å². The van der Waals surface area contributed by atoms with Gasteiger partial charge in [0, 0.05) is 25.2 Å². The molecule has 4 aromatic carbocycles. The number of para-hydroxylation sites is 4. The first-order chi connectivity index (χ1) is 15.7. The molecule has 6 rings (SSSR count). The zero-order chi connectivity index (χ0) is 21.9. The fourth-order valence-corrected chi connectivity index (χ4v) is 3.98. The molecule has 0 spiro atoms. The maximum atomic E-state index is 4.65. The third-order valence-corrected chi connectivity index (χ3v) is 5.64. The Morgan fingerprint density at radius 2 is 0.781 bits per heavy atom. The van der Waals surface area contributed by atoms with Gasteiger partial charge in [-0.1, -0.05) is 84.9 Å². The van der Waals surface area contributed by atoms with Crippen molar-refractivity contribution in [2.24, 2.45) is 14.1 Å². The second-order valence-corrected chi connectivity index (χ2v) is 7.70. The van der Waals surface area contributed by atoms with Crippen molar-refractivity contribution < 1.29 is 0 Å². The Balaban J connectivity index is 0.000000135. The molecule has 0 N–H and O–H groups in total. The van der Waals surface area contributed by atoms with Crippen LogP contribution in [-0.4, -0.2) is 19.1 Å². The van der Waals surface area contributed by atoms with Gasteiger partial charge in [-0.3, -0.25) is 0 Å². The Morgan fingerprint density at radius 1 is 0.438 bits per heavy atom. The van der Waals surface area contributed by atoms with E-state index < -0.39 is 0 Å². The number of hydrogen-bond donors (Lipinski definition) is 0. The van der Waals surface area contributed by atoms with E-state index in [0.29, 0.717) is 0 Å². The first-order valence-corrected chi connectivity index (χ1v) is 10.7. The van der Waals surface area contributed by atoms with Crippen LogP contribution in [0.5, 0.6) is 0 Å². The minimum absolute atomic E-state index is 1.02. The highest BCUT2D eigenvalue weighted by atomic mass is 15.1. The van der Waals surface area contributed by atoms with Crippen LogP contribution in [0.1, 0.15) is 0 Å². The van der Waals surface area contributed by atoms with Gasteiger partial charge in [-0.25, -0.2) is 9.97 Å². The fourth-order valence-electron chi connectivity index (χ4n) is 3.98. The SMILES string of the molecule is Cn1c(-c2ccccc2)nc2ccccc21.Cn1c(-c2ccccc2)nc2ccccc21. The molecule has 0 radical (unpaired) electrons. The van der Waals surface area contributed by atoms with Gasteiger partial charge < -0.3 is 9.13 Å². The predicted octanol–water partition coefficient (Wildman–Crippen LogP) is 6.48. The van der Waals surface area contributed by atoms with Crippen LogP contribution >= 0.6 is 0 Å². The lowest BCUT2D eigenvalue weighted by atomic mass is 10.2. The Hall–Kier alpha value is -4.18. The van der Waals surface area contributed by atoms with E-state index in [1.54, 1.807) is 0 Å². The summed E-state index contributed by atoms with van der Waals surface area (Å²) in [7, 11) is 4.11. The third kappa shape index (κ3) is 3.67. The molecule has 0 saturated carbocycles. The summed E-state index contributed by atoms with van der Waals surface area (Å²) in [5.41, 5.74) is 6.73. The standard InChI is InChI=1S/2C14H12N2/c2*1-16-13-10-6-5-9-12(13)15-14(16)11-7-3-2-4-8-11/h2*2-10H,1H3. The molecular formula is C28H24N4. The lowest BCUT2D eigenvalue weighted by Crippen LogP contribution is -1.91. The Kier molecular flexibility index (Phi) is 5.26. The van der Waals surface area contributed by atoms with Crippen LogP contribution in [0.3, 0.4) is 0 Å². The van der Waals surface area contributed by atoms with Gasteiger partial charge in [0.1, 0.15) is 11.6 Å². The van der Waals surface area contributed by atoms with Gasteiger partial charge in [0.2, 0.25) is 0 Å². The Morgan fingerprint density at radius 3 is 1.16 bits per heavy atom. The molecule has 4 heteroatoms. The molecular weight excluding hydrogens is 392 g/mol. The molecule has 0 bridgehead atoms. The number of imidazole rings is 2. The molecule has 2 aromatic heterocycles. The van der Waals surface area contributed by atoms with Gasteiger partial charge in [0.25, 0.3) is 0 Å². The Labute approximate surface area is 187 Å². The van der Waals surface area contributed by atoms with Gasteiger partial charge in [-0.05, 0) is 24.3 Å². The van der Waals surface area contributed by atoms with Crippen LogP contribution in [0.2, 0.25) is 0 Å². The zero-order valence-corrected chi connectivity index (χ0v) is 18.2. The van der Waals surface area contributed by atoms with Crippen molar-refractivity contribution in [3.05, 3.63) is 109 Å². The van der Waals surface area contributed by atoms with E-state index in [2.05, 4.69) is 69.6 Å². The molecule has 0 unspecified atom stereocenters. The number of nitrogens with zero attached hydrogens (tertiary/aromatic N) is 4. The molecule has 0 aliphatic rings. The average Bonchev–Trinajstić information content (AvgIpc) is 3.38. The van der Waals surface area contributed by atoms with E-state index in [1.807, 2.05) is 72.8 Å². The number of benzene rings is 4. The highest BCUT2D eigenvalue weighted by molar-refractivity contribution is 5.81. The number of aromatic nitrogens is 4. The van der Waals surface area contributed by atoms with Crippen molar-refractivity contribution in [1.82, 2.24) is 19.1 Å². The lowest BCUT2D eigenvalue weighted by Gasteiger charge is -2.01. The molecule has 0 aliphatic heterocycles. The Bertz CT molecular complexity index is 1360. The molecule has 156 valence electrons. The maximum Gasteiger partial charge on any atom is 0.140 e. The minimum atomic E-state index is 1.02. The lowest BCUT2D eigenvalue weighted by molar-refractivity contribution is 0.959. The molecule has 0 amide bonds. The first-order valence-electron chi connectivity index (χ1n) is 10.7. The summed E-state index contributed by atoms with van der Waals surface area (Å²) in [4.78, 5) is 9.29. The van der Waals surface area contributed by atoms with Crippen LogP contribution in [0.15, 0.2) is 109 Å². The van der Waals surface area contributed by atoms with Crippen molar-refractivity contribution >= 4 is 22.1 Å². The average molecular weight is 417 g/mol. The largest absolute Gasteiger partial charge is 0.327 e. The second-order valence-electron chi connectivity index (χ2n) is 7.70. The summed E-state index contributed by atoms with van der Waals surface area (Å²) in [6, 6.07) is 36.9. The number of aryl methyl sites for hydroxylation is 2. The summed E-state index contributed by atoms with van der Waals surface area (Å²) >= 11 is 0. The van der Waals surface area contributed by atoms with Crippen molar-refractivity contribution in [2.75, 3.05) is 0 Å². The molecule has 4 nitrogen and oxygen atoms in total. The van der Waals surface area contributed by atoms with E-state index in [1.165, 1.54) is 11.0 Å². The van der Waals surface area contributed by atoms with Gasteiger partial charge in [0.05, 0.1) is 22.1 Å². The number of hydrogen-bond acceptors (Lipinski definition) is 2. The predicted molar refractivity (Wildman–Crippen MR) is 132 cm³/mol. The van der Waals surface area contributed by atoms with Crippen molar-refractivity contribution in [1.29, 1.82) is 0 Å². The van der Waals surface area contributed by atoms with Crippen LogP contribution in [0, 0.1) is 0 Å². The molecule has 32 heavy (non-hydrogen) atoms. The summed E-state index contributed by atoms with van der Waals surface area (Å²) in [5, 5.41) is 0. The normalized spacial score (nSPS) is 10.8. The highest BCUT2D eigenvalue weighted by Gasteiger charge is 2.09. The van der Waals surface area contributed by atoms with E-state index in [9.17, 15) is 0 Å². The van der Waals surface area contributed by atoms with Crippen LogP contribution in [0.4, 0.5) is 0 Å². The molecule has 0 atom stereocenters. The number of fused-ring (bicyclic) bond motifs is 2. The fraction of sp³-hybridized carbons (Fsp3) is 0.0714. The second kappa shape index (κ2) is 8.52. The molecule has 2 heterocycles. The van der Waals surface area contributed by atoms with Gasteiger partial charge in [-0.2, -0.15) is 0 Å². The zero-order valence-electron chi connectivity index (χ0n) is 18.2. The minimum Gasteiger partial charge on any atom is -0.327 e. The molecule has 0 fully saturated rings. The summed E-state index contributed by atoms with van der Waals surface area (Å²) in [6.45, 7) is 0. The monoisotopic (exact) mass is 416 g/mol. The van der Waals surface area contributed by atoms with Gasteiger partial charge in [0.15, 0.2) is 0 Å². The summed E-state index contributed by atoms with van der Waals surface area (Å²) in [5.74, 6) is 2.03. The van der Waals surface area contributed by atoms with E-state index in [4.69, 9.17) is 0 Å². The molecule has 0 saturated heterocycles. The third-order valence-electron chi connectivity index (χ3n) is 5.64. The smallest absolute Gasteiger partial charge is 0.140 e. The summed E-state index contributed by atoms with van der Waals surface area (Å²) in [6.07, 6.45) is 0. The van der Waals surface area contributed by atoms with Crippen LogP contribution in [-0.2, 0) is 14.1 Å². The quantitative estimate of drug-likeness (QED) is 0.324. The number of rotatable bonds is 2. The van der Waals surface area contributed by atoms with Crippen molar-refractivity contribution in [2.45, 2.75) is 0 Å². The van der Waals surface area contributed by atoms with Gasteiger partial charge >= 0.3 is 0 Å². The van der Waals surface area contributed by atoms with Crippen LogP contribution in [0.25, 0.3) is 44.8 Å². The van der Waals surface area contributed by atoms with E-state index in [-0.39, 0.29) is 0 Å². The van der Waals surface area contributed by atoms with Crippen LogP contribution < -0.4 is 0 Å². The highest BCUT2D eigenvalue weighted by Crippen LogP contribution is 2.24. The van der Waals surface area contributed by atoms with E-state index >= 15 is 0 Å². The molecule has 0 aliphatic carbocycles. The van der Waals surface area contributed by atoms with E-state index in [0.717, 1.165) is 33.8 Å². The van der Waals surface area contributed by atoms with Gasteiger partial charge in [-0.15, -0.1) is 0 Å². The summed E-state index contributed by atoms with van der Waals surface area (Å²) < 4.78 is 4.26. The first kappa shape index (κ1) is 19.8. The maximum absolute atomic E-state index is 4.65. The topological polar surface area (TPSA) is 35.6 Å². The van der Waals surface area contributed by atoms with Crippen molar-refractivity contribution in [3.63, 3.8) is 0 Å².